The van der Waals surface area contributed by atoms with Gasteiger partial charge in [0, 0.05) is 16.8 Å². The van der Waals surface area contributed by atoms with Crippen LogP contribution in [-0.2, 0) is 19.6 Å². The predicted octanol–water partition coefficient (Wildman–Crippen LogP) is 1.42. The first-order valence-electron chi connectivity index (χ1n) is 5.90. The van der Waals surface area contributed by atoms with Crippen LogP contribution in [0.5, 0.6) is 0 Å². The number of amides is 1. The van der Waals surface area contributed by atoms with Gasteiger partial charge in [0.1, 0.15) is 0 Å². The molecule has 21 heavy (non-hydrogen) atoms. The van der Waals surface area contributed by atoms with Crippen molar-refractivity contribution in [2.45, 2.75) is 13.8 Å². The topological polar surface area (TPSA) is 113 Å². The highest BCUT2D eigenvalue weighted by atomic mass is 32.2. The Balaban J connectivity index is 2.94. The minimum absolute atomic E-state index is 0.0575. The number of nitrogens with one attached hydrogen (secondary N) is 2. The van der Waals surface area contributed by atoms with Crippen LogP contribution < -0.4 is 10.0 Å². The van der Waals surface area contributed by atoms with Gasteiger partial charge in [-0.15, -0.1) is 0 Å². The molecular weight excluding hydrogens is 296 g/mol. The lowest BCUT2D eigenvalue weighted by atomic mass is 10.1. The molecule has 0 saturated carbocycles. The van der Waals surface area contributed by atoms with E-state index in [1.54, 1.807) is 12.1 Å². The standard InChI is InChI=1S/C13H16N2O5S/c1-8(9(2)13(17)18)12(16)14-10-5-4-6-11(7-10)15-21(3,19)20/h4-7,15H,1-3H3,(H,14,16)(H,17,18). The smallest absolute Gasteiger partial charge is 0.331 e. The van der Waals surface area contributed by atoms with E-state index in [0.717, 1.165) is 6.26 Å². The van der Waals surface area contributed by atoms with Crippen molar-refractivity contribution in [3.05, 3.63) is 35.4 Å². The van der Waals surface area contributed by atoms with Crippen molar-refractivity contribution in [3.8, 4) is 0 Å². The number of carboxylic acid groups (broad SMARTS) is 1. The van der Waals surface area contributed by atoms with Crippen LogP contribution in [0.15, 0.2) is 35.4 Å². The number of carbonyl (C=O) groups excluding carboxylic acids is 1. The Morgan fingerprint density at radius 3 is 2.19 bits per heavy atom. The first-order valence-corrected chi connectivity index (χ1v) is 7.79. The van der Waals surface area contributed by atoms with Crippen LogP contribution in [0.4, 0.5) is 11.4 Å². The van der Waals surface area contributed by atoms with Crippen LogP contribution in [0.2, 0.25) is 0 Å². The monoisotopic (exact) mass is 312 g/mol. The number of sulfonamides is 1. The summed E-state index contributed by atoms with van der Waals surface area (Å²) in [7, 11) is -3.41. The normalized spacial score (nSPS) is 12.3. The van der Waals surface area contributed by atoms with Gasteiger partial charge in [0.2, 0.25) is 10.0 Å². The lowest BCUT2D eigenvalue weighted by Crippen LogP contribution is -2.16. The summed E-state index contributed by atoms with van der Waals surface area (Å²) >= 11 is 0. The summed E-state index contributed by atoms with van der Waals surface area (Å²) in [6.45, 7) is 2.73. The van der Waals surface area contributed by atoms with Crippen LogP contribution in [0.3, 0.4) is 0 Å². The summed E-state index contributed by atoms with van der Waals surface area (Å²) < 4.78 is 24.6. The van der Waals surface area contributed by atoms with Gasteiger partial charge in [-0.1, -0.05) is 6.07 Å². The second-order valence-electron chi connectivity index (χ2n) is 4.46. The molecule has 1 aromatic rings. The van der Waals surface area contributed by atoms with Crippen LogP contribution >= 0.6 is 0 Å². The maximum Gasteiger partial charge on any atom is 0.331 e. The Hall–Kier alpha value is -2.35. The Morgan fingerprint density at radius 2 is 1.67 bits per heavy atom. The molecule has 0 fully saturated rings. The summed E-state index contributed by atoms with van der Waals surface area (Å²) in [6.07, 6.45) is 1.02. The number of rotatable bonds is 5. The number of carbonyl (C=O) groups is 2. The zero-order valence-corrected chi connectivity index (χ0v) is 12.6. The van der Waals surface area contributed by atoms with E-state index in [2.05, 4.69) is 10.0 Å². The molecule has 114 valence electrons. The van der Waals surface area contributed by atoms with E-state index in [-0.39, 0.29) is 11.1 Å². The molecule has 0 unspecified atom stereocenters. The first kappa shape index (κ1) is 16.7. The molecule has 0 aliphatic rings. The van der Waals surface area contributed by atoms with Gasteiger partial charge in [0.05, 0.1) is 11.9 Å². The van der Waals surface area contributed by atoms with E-state index >= 15 is 0 Å². The molecule has 1 amide bonds. The number of hydrogen-bond donors (Lipinski definition) is 3. The Labute approximate surface area is 122 Å². The van der Waals surface area contributed by atoms with E-state index in [1.165, 1.54) is 26.0 Å². The SMILES string of the molecule is CC(C(=O)O)=C(C)C(=O)Nc1cccc(NS(C)(=O)=O)c1. The number of benzene rings is 1. The highest BCUT2D eigenvalue weighted by Gasteiger charge is 2.13. The fraction of sp³-hybridized carbons (Fsp3) is 0.231. The maximum absolute atomic E-state index is 11.9. The summed E-state index contributed by atoms with van der Waals surface area (Å²) in [4.78, 5) is 22.7. The molecule has 0 radical (unpaired) electrons. The molecule has 3 N–H and O–H groups in total. The van der Waals surface area contributed by atoms with Crippen molar-refractivity contribution in [2.24, 2.45) is 0 Å². The molecule has 1 aromatic carbocycles. The van der Waals surface area contributed by atoms with Crippen molar-refractivity contribution in [1.29, 1.82) is 0 Å². The van der Waals surface area contributed by atoms with E-state index < -0.39 is 21.9 Å². The van der Waals surface area contributed by atoms with E-state index in [9.17, 15) is 18.0 Å². The molecule has 0 saturated heterocycles. The van der Waals surface area contributed by atoms with Gasteiger partial charge < -0.3 is 10.4 Å². The largest absolute Gasteiger partial charge is 0.478 e. The van der Waals surface area contributed by atoms with Gasteiger partial charge in [0.25, 0.3) is 5.91 Å². The quantitative estimate of drug-likeness (QED) is 0.712. The molecule has 0 aliphatic heterocycles. The fourth-order valence-electron chi connectivity index (χ4n) is 1.43. The van der Waals surface area contributed by atoms with Gasteiger partial charge >= 0.3 is 5.97 Å². The van der Waals surface area contributed by atoms with Crippen LogP contribution in [-0.4, -0.2) is 31.7 Å². The van der Waals surface area contributed by atoms with Gasteiger partial charge in [-0.25, -0.2) is 13.2 Å². The van der Waals surface area contributed by atoms with Gasteiger partial charge in [-0.3, -0.25) is 9.52 Å². The van der Waals surface area contributed by atoms with Crippen molar-refractivity contribution in [1.82, 2.24) is 0 Å². The summed E-state index contributed by atoms with van der Waals surface area (Å²) in [5.74, 6) is -1.73. The molecule has 0 aromatic heterocycles. The summed E-state index contributed by atoms with van der Waals surface area (Å²) in [5, 5.41) is 11.3. The third-order valence-corrected chi connectivity index (χ3v) is 3.25. The number of anilines is 2. The van der Waals surface area contributed by atoms with Gasteiger partial charge in [-0.05, 0) is 32.0 Å². The van der Waals surface area contributed by atoms with Crippen molar-refractivity contribution < 1.29 is 23.1 Å². The third-order valence-electron chi connectivity index (χ3n) is 2.65. The summed E-state index contributed by atoms with van der Waals surface area (Å²) in [5.41, 5.74) is 0.667. The lowest BCUT2D eigenvalue weighted by molar-refractivity contribution is -0.133. The highest BCUT2D eigenvalue weighted by Crippen LogP contribution is 2.17. The molecule has 1 rings (SSSR count). The number of aliphatic carboxylic acids is 1. The lowest BCUT2D eigenvalue weighted by Gasteiger charge is -2.09. The van der Waals surface area contributed by atoms with E-state index in [1.807, 2.05) is 0 Å². The zero-order chi connectivity index (χ0) is 16.2. The third kappa shape index (κ3) is 5.27. The molecular formula is C13H16N2O5S. The number of carboxylic acids is 1. The first-order chi connectivity index (χ1) is 9.60. The molecule has 0 aliphatic carbocycles. The van der Waals surface area contributed by atoms with Gasteiger partial charge in [-0.2, -0.15) is 0 Å². The molecule has 8 heteroatoms. The van der Waals surface area contributed by atoms with E-state index in [0.29, 0.717) is 11.4 Å². The van der Waals surface area contributed by atoms with E-state index in [4.69, 9.17) is 5.11 Å². The second kappa shape index (κ2) is 6.40. The molecule has 0 atom stereocenters. The number of hydrogen-bond acceptors (Lipinski definition) is 4. The van der Waals surface area contributed by atoms with Crippen molar-refractivity contribution >= 4 is 33.3 Å². The minimum Gasteiger partial charge on any atom is -0.478 e. The van der Waals surface area contributed by atoms with Gasteiger partial charge in [0.15, 0.2) is 0 Å². The summed E-state index contributed by atoms with van der Waals surface area (Å²) in [6, 6.07) is 6.09. The molecule has 0 spiro atoms. The fourth-order valence-corrected chi connectivity index (χ4v) is 1.99. The average molecular weight is 312 g/mol. The Morgan fingerprint density at radius 1 is 1.10 bits per heavy atom. The Kier molecular flexibility index (Phi) is 5.09. The van der Waals surface area contributed by atoms with Crippen LogP contribution in [0.25, 0.3) is 0 Å². The van der Waals surface area contributed by atoms with Crippen LogP contribution in [0, 0.1) is 0 Å². The zero-order valence-electron chi connectivity index (χ0n) is 11.8. The molecule has 0 bridgehead atoms. The van der Waals surface area contributed by atoms with Crippen molar-refractivity contribution in [2.75, 3.05) is 16.3 Å². The average Bonchev–Trinajstić information content (AvgIpc) is 2.35. The maximum atomic E-state index is 11.9. The molecule has 7 nitrogen and oxygen atoms in total. The minimum atomic E-state index is -3.41. The van der Waals surface area contributed by atoms with Crippen molar-refractivity contribution in [3.63, 3.8) is 0 Å². The van der Waals surface area contributed by atoms with Crippen LogP contribution in [0.1, 0.15) is 13.8 Å². The Bertz CT molecular complexity index is 707. The predicted molar refractivity (Wildman–Crippen MR) is 79.5 cm³/mol. The molecule has 0 heterocycles. The highest BCUT2D eigenvalue weighted by molar-refractivity contribution is 7.92. The second-order valence-corrected chi connectivity index (χ2v) is 6.21.